The molecule has 0 bridgehead atoms. The predicted molar refractivity (Wildman–Crippen MR) is 131 cm³/mol. The van der Waals surface area contributed by atoms with Crippen LogP contribution in [0.4, 0.5) is 13.2 Å². The second kappa shape index (κ2) is 8.91. The molecule has 3 saturated carbocycles. The van der Waals surface area contributed by atoms with Crippen molar-refractivity contribution in [1.29, 1.82) is 0 Å². The van der Waals surface area contributed by atoms with Crippen molar-refractivity contribution in [2.24, 2.45) is 34.5 Å². The van der Waals surface area contributed by atoms with Crippen molar-refractivity contribution in [3.05, 3.63) is 47.5 Å². The first-order chi connectivity index (χ1) is 16.9. The second-order valence-corrected chi connectivity index (χ2v) is 12.1. The maximum atomic E-state index is 13.0. The summed E-state index contributed by atoms with van der Waals surface area (Å²) in [5.41, 5.74) is -0.113. The Labute approximate surface area is 211 Å². The van der Waals surface area contributed by atoms with Crippen LogP contribution < -0.4 is 5.32 Å². The Balaban J connectivity index is 1.24. The van der Waals surface area contributed by atoms with Gasteiger partial charge in [0.1, 0.15) is 0 Å². The number of nitrogens with one attached hydrogen (secondary N) is 1. The molecule has 4 aliphatic rings. The van der Waals surface area contributed by atoms with Crippen LogP contribution in [0.1, 0.15) is 69.9 Å². The van der Waals surface area contributed by atoms with Gasteiger partial charge in [-0.2, -0.15) is 13.2 Å². The van der Waals surface area contributed by atoms with Gasteiger partial charge in [0.05, 0.1) is 5.56 Å². The van der Waals surface area contributed by atoms with Gasteiger partial charge in [0.2, 0.25) is 11.8 Å². The van der Waals surface area contributed by atoms with E-state index in [-0.39, 0.29) is 35.2 Å². The zero-order chi connectivity index (χ0) is 25.9. The Morgan fingerprint density at radius 2 is 1.89 bits per heavy atom. The number of fused-ring (bicyclic) bond motifs is 5. The molecule has 2 amide bonds. The largest absolute Gasteiger partial charge is 0.416 e. The molecular weight excluding hydrogens is 465 g/mol. The molecule has 1 N–H and O–H groups in total. The number of hydrogen-bond acceptors (Lipinski definition) is 2. The van der Waals surface area contributed by atoms with Crippen molar-refractivity contribution >= 4 is 11.8 Å². The molecule has 36 heavy (non-hydrogen) atoms. The number of benzene rings is 1. The van der Waals surface area contributed by atoms with Crippen molar-refractivity contribution in [1.82, 2.24) is 10.2 Å². The van der Waals surface area contributed by atoms with Gasteiger partial charge in [0, 0.05) is 31.5 Å². The lowest BCUT2D eigenvalue weighted by Crippen LogP contribution is -2.59. The molecule has 0 saturated heterocycles. The standard InChI is InChI=1S/C29H37F3N2O2/c1-27-13-11-23-21(8-10-24-28(23,2)14-12-26(36)34(24)3)22(27)9-7-19(27)16-25(35)33-17-18-5-4-6-20(15-18)29(30,31)32/h4-6,12,14-15,19,21-24H,7-11,13,16-17H2,1-3H3,(H,33,35)/t19-,21+,22+,23+,24-,27-,28-/m1/s1. The lowest BCUT2D eigenvalue weighted by molar-refractivity contribution is -0.139. The molecule has 0 spiro atoms. The van der Waals surface area contributed by atoms with Crippen LogP contribution in [0.5, 0.6) is 0 Å². The minimum absolute atomic E-state index is 0.00726. The summed E-state index contributed by atoms with van der Waals surface area (Å²) in [5.74, 6) is 2.05. The van der Waals surface area contributed by atoms with Crippen molar-refractivity contribution in [3.63, 3.8) is 0 Å². The van der Waals surface area contributed by atoms with Gasteiger partial charge in [-0.25, -0.2) is 0 Å². The third kappa shape index (κ3) is 4.16. The van der Waals surface area contributed by atoms with Crippen LogP contribution in [-0.2, 0) is 22.3 Å². The van der Waals surface area contributed by atoms with Gasteiger partial charge in [-0.1, -0.05) is 32.1 Å². The molecule has 7 heteroatoms. The summed E-state index contributed by atoms with van der Waals surface area (Å²) < 4.78 is 39.0. The van der Waals surface area contributed by atoms with E-state index in [9.17, 15) is 22.8 Å². The van der Waals surface area contributed by atoms with E-state index in [0.29, 0.717) is 35.7 Å². The van der Waals surface area contributed by atoms with Gasteiger partial charge >= 0.3 is 6.18 Å². The topological polar surface area (TPSA) is 49.4 Å². The molecule has 7 atom stereocenters. The number of halogens is 3. The average Bonchev–Trinajstić information content (AvgIpc) is 3.16. The number of carbonyl (C=O) groups is 2. The lowest BCUT2D eigenvalue weighted by atomic mass is 9.47. The van der Waals surface area contributed by atoms with Gasteiger partial charge in [-0.05, 0) is 91.4 Å². The first-order valence-electron chi connectivity index (χ1n) is 13.3. The van der Waals surface area contributed by atoms with Crippen molar-refractivity contribution in [2.75, 3.05) is 7.05 Å². The summed E-state index contributed by atoms with van der Waals surface area (Å²) in [7, 11) is 1.94. The van der Waals surface area contributed by atoms with Gasteiger partial charge in [0.15, 0.2) is 0 Å². The van der Waals surface area contributed by atoms with Crippen LogP contribution in [0.15, 0.2) is 36.4 Å². The molecular formula is C29H37F3N2O2. The highest BCUT2D eigenvalue weighted by atomic mass is 19.4. The molecule has 1 aromatic carbocycles. The van der Waals surface area contributed by atoms with E-state index in [1.807, 2.05) is 11.9 Å². The van der Waals surface area contributed by atoms with Crippen LogP contribution in [0.25, 0.3) is 0 Å². The summed E-state index contributed by atoms with van der Waals surface area (Å²) >= 11 is 0. The van der Waals surface area contributed by atoms with Crippen LogP contribution in [0, 0.1) is 34.5 Å². The Hall–Kier alpha value is -2.31. The Morgan fingerprint density at radius 1 is 1.11 bits per heavy atom. The van der Waals surface area contributed by atoms with E-state index in [2.05, 4.69) is 25.2 Å². The summed E-state index contributed by atoms with van der Waals surface area (Å²) in [6.45, 7) is 4.81. The number of likely N-dealkylation sites (N-methyl/N-ethyl adjacent to an activating group) is 1. The molecule has 3 fully saturated rings. The molecule has 1 aromatic rings. The molecule has 4 nitrogen and oxygen atoms in total. The fraction of sp³-hybridized carbons (Fsp3) is 0.655. The van der Waals surface area contributed by atoms with Crippen LogP contribution in [-0.4, -0.2) is 29.8 Å². The number of nitrogens with zero attached hydrogens (tertiary/aromatic N) is 1. The van der Waals surface area contributed by atoms with E-state index in [1.165, 1.54) is 6.07 Å². The van der Waals surface area contributed by atoms with Gasteiger partial charge in [0.25, 0.3) is 0 Å². The first kappa shape index (κ1) is 25.3. The van der Waals surface area contributed by atoms with Crippen molar-refractivity contribution < 1.29 is 22.8 Å². The molecule has 0 unspecified atom stereocenters. The SMILES string of the molecule is CN1C(=O)C=C[C@]2(C)[C@H]3CC[C@]4(C)[C@@H](CC(=O)NCc5cccc(C(F)(F)F)c5)CC[C@H]4[C@@H]3CC[C@@H]12. The van der Waals surface area contributed by atoms with Crippen LogP contribution in [0.3, 0.4) is 0 Å². The number of amides is 2. The van der Waals surface area contributed by atoms with Crippen molar-refractivity contribution in [3.8, 4) is 0 Å². The molecule has 5 rings (SSSR count). The summed E-state index contributed by atoms with van der Waals surface area (Å²) in [5, 5.41) is 2.87. The molecule has 1 heterocycles. The first-order valence-corrected chi connectivity index (χ1v) is 13.3. The minimum atomic E-state index is -4.39. The third-order valence-corrected chi connectivity index (χ3v) is 10.5. The van der Waals surface area contributed by atoms with E-state index >= 15 is 0 Å². The smallest absolute Gasteiger partial charge is 0.352 e. The van der Waals surface area contributed by atoms with Gasteiger partial charge in [-0.15, -0.1) is 0 Å². The summed E-state index contributed by atoms with van der Waals surface area (Å²) in [4.78, 5) is 27.1. The number of carbonyl (C=O) groups excluding carboxylic acids is 2. The summed E-state index contributed by atoms with van der Waals surface area (Å²) in [6, 6.07) is 5.42. The lowest BCUT2D eigenvalue weighted by Gasteiger charge is -2.60. The zero-order valence-corrected chi connectivity index (χ0v) is 21.4. The Morgan fingerprint density at radius 3 is 2.64 bits per heavy atom. The second-order valence-electron chi connectivity index (χ2n) is 12.1. The Bertz CT molecular complexity index is 1070. The molecule has 196 valence electrons. The predicted octanol–water partition coefficient (Wildman–Crippen LogP) is 5.97. The normalized spacial score (nSPS) is 37.8. The number of alkyl halides is 3. The molecule has 0 radical (unpaired) electrons. The average molecular weight is 503 g/mol. The maximum Gasteiger partial charge on any atom is 0.416 e. The van der Waals surface area contributed by atoms with E-state index in [1.54, 1.807) is 12.1 Å². The highest BCUT2D eigenvalue weighted by molar-refractivity contribution is 5.89. The van der Waals surface area contributed by atoms with Gasteiger partial charge in [-0.3, -0.25) is 9.59 Å². The quantitative estimate of drug-likeness (QED) is 0.552. The number of rotatable bonds is 4. The number of hydrogen-bond donors (Lipinski definition) is 1. The van der Waals surface area contributed by atoms with E-state index < -0.39 is 11.7 Å². The van der Waals surface area contributed by atoms with E-state index in [0.717, 1.165) is 50.7 Å². The Kier molecular flexibility index (Phi) is 6.27. The van der Waals surface area contributed by atoms with Crippen LogP contribution in [0.2, 0.25) is 0 Å². The highest BCUT2D eigenvalue weighted by Gasteiger charge is 2.60. The molecule has 1 aliphatic heterocycles. The van der Waals surface area contributed by atoms with Crippen molar-refractivity contribution in [2.45, 2.75) is 77.6 Å². The fourth-order valence-corrected chi connectivity index (χ4v) is 8.54. The van der Waals surface area contributed by atoms with Crippen LogP contribution >= 0.6 is 0 Å². The van der Waals surface area contributed by atoms with E-state index in [4.69, 9.17) is 0 Å². The highest BCUT2D eigenvalue weighted by Crippen LogP contribution is 2.65. The zero-order valence-electron chi connectivity index (χ0n) is 21.4. The maximum absolute atomic E-state index is 13.0. The monoisotopic (exact) mass is 502 g/mol. The molecule has 3 aliphatic carbocycles. The van der Waals surface area contributed by atoms with Gasteiger partial charge < -0.3 is 10.2 Å². The fourth-order valence-electron chi connectivity index (χ4n) is 8.54. The molecule has 0 aromatic heterocycles. The minimum Gasteiger partial charge on any atom is -0.352 e. The third-order valence-electron chi connectivity index (χ3n) is 10.5. The summed E-state index contributed by atoms with van der Waals surface area (Å²) in [6.07, 6.45) is 6.49.